The fraction of sp³-hybridized carbons (Fsp3) is 0.0833. The van der Waals surface area contributed by atoms with Crippen LogP contribution < -0.4 is 9.72 Å². The second kappa shape index (κ2) is 4.61. The van der Waals surface area contributed by atoms with Crippen molar-refractivity contribution in [2.24, 2.45) is 0 Å². The maximum absolute atomic E-state index is 5.63. The van der Waals surface area contributed by atoms with Crippen LogP contribution in [0.1, 0.15) is 5.56 Å². The Bertz CT molecular complexity index is 393. The van der Waals surface area contributed by atoms with Crippen LogP contribution in [0, 0.1) is 10.5 Å². The highest BCUT2D eigenvalue weighted by molar-refractivity contribution is 14.1. The van der Waals surface area contributed by atoms with Gasteiger partial charge in [0.25, 0.3) is 0 Å². The summed E-state index contributed by atoms with van der Waals surface area (Å²) in [6.07, 6.45) is 1.91. The van der Waals surface area contributed by atoms with E-state index >= 15 is 0 Å². The minimum Gasteiger partial charge on any atom is -0.405 e. The standard InChI is InChI=1S/C12H10INO/c1-9-2-5-11(6-3-9)15-12-7-4-10(13)8-14-12/h2-8H,1H3/p+1. The Morgan fingerprint density at radius 3 is 2.40 bits per heavy atom. The van der Waals surface area contributed by atoms with Crippen molar-refractivity contribution in [1.29, 1.82) is 0 Å². The number of hydrogen-bond donors (Lipinski definition) is 0. The maximum Gasteiger partial charge on any atom is 0.371 e. The summed E-state index contributed by atoms with van der Waals surface area (Å²) < 4.78 is 6.79. The number of aryl methyl sites for hydroxylation is 1. The molecule has 0 aliphatic heterocycles. The molecule has 0 amide bonds. The third-order valence-electron chi connectivity index (χ3n) is 2.00. The topological polar surface area (TPSA) is 23.4 Å². The SMILES string of the molecule is Cc1ccc(Oc2ccc(I)c[nH+]2)cc1. The lowest BCUT2D eigenvalue weighted by atomic mass is 10.2. The van der Waals surface area contributed by atoms with E-state index in [-0.39, 0.29) is 0 Å². The molecule has 2 aromatic rings. The summed E-state index contributed by atoms with van der Waals surface area (Å²) in [5.74, 6) is 1.59. The molecule has 2 nitrogen and oxygen atoms in total. The Kier molecular flexibility index (Phi) is 3.20. The number of rotatable bonds is 2. The molecule has 0 radical (unpaired) electrons. The zero-order chi connectivity index (χ0) is 10.7. The maximum atomic E-state index is 5.63. The van der Waals surface area contributed by atoms with Crippen LogP contribution in [0.4, 0.5) is 0 Å². The van der Waals surface area contributed by atoms with Crippen molar-refractivity contribution in [2.45, 2.75) is 6.92 Å². The lowest BCUT2D eigenvalue weighted by molar-refractivity contribution is -0.391. The highest BCUT2D eigenvalue weighted by atomic mass is 127. The van der Waals surface area contributed by atoms with Gasteiger partial charge in [-0.3, -0.25) is 0 Å². The molecule has 0 saturated carbocycles. The molecule has 0 bridgehead atoms. The smallest absolute Gasteiger partial charge is 0.371 e. The Labute approximate surface area is 102 Å². The molecule has 0 spiro atoms. The van der Waals surface area contributed by atoms with Crippen molar-refractivity contribution in [1.82, 2.24) is 0 Å². The van der Waals surface area contributed by atoms with Crippen LogP contribution in [0.2, 0.25) is 0 Å². The summed E-state index contributed by atoms with van der Waals surface area (Å²) in [7, 11) is 0. The van der Waals surface area contributed by atoms with Gasteiger partial charge in [-0.05, 0) is 47.7 Å². The second-order valence-corrected chi connectivity index (χ2v) is 4.53. The molecular weight excluding hydrogens is 301 g/mol. The summed E-state index contributed by atoms with van der Waals surface area (Å²) in [5, 5.41) is 0. The van der Waals surface area contributed by atoms with Gasteiger partial charge in [-0.25, -0.2) is 0 Å². The van der Waals surface area contributed by atoms with Crippen LogP contribution in [0.25, 0.3) is 0 Å². The molecule has 1 heterocycles. The Hall–Kier alpha value is -1.10. The first-order chi connectivity index (χ1) is 7.24. The molecular formula is C12H11INO+. The molecule has 0 aliphatic carbocycles. The number of benzene rings is 1. The van der Waals surface area contributed by atoms with E-state index in [2.05, 4.69) is 34.5 Å². The molecule has 15 heavy (non-hydrogen) atoms. The fourth-order valence-corrected chi connectivity index (χ4v) is 1.52. The van der Waals surface area contributed by atoms with Gasteiger partial charge in [0, 0.05) is 0 Å². The van der Waals surface area contributed by atoms with Gasteiger partial charge in [0.15, 0.2) is 6.20 Å². The van der Waals surface area contributed by atoms with Crippen molar-refractivity contribution < 1.29 is 9.72 Å². The lowest BCUT2D eigenvalue weighted by Crippen LogP contribution is -2.05. The van der Waals surface area contributed by atoms with E-state index < -0.39 is 0 Å². The summed E-state index contributed by atoms with van der Waals surface area (Å²) in [4.78, 5) is 3.07. The molecule has 1 aromatic heterocycles. The highest BCUT2D eigenvalue weighted by Gasteiger charge is 2.03. The molecule has 1 aromatic carbocycles. The Balaban J connectivity index is 2.15. The van der Waals surface area contributed by atoms with E-state index in [0.717, 1.165) is 15.2 Å². The van der Waals surface area contributed by atoms with Gasteiger partial charge in [-0.15, -0.1) is 0 Å². The van der Waals surface area contributed by atoms with Crippen molar-refractivity contribution in [3.63, 3.8) is 0 Å². The van der Waals surface area contributed by atoms with Crippen molar-refractivity contribution in [3.05, 3.63) is 51.7 Å². The zero-order valence-electron chi connectivity index (χ0n) is 8.33. The average molecular weight is 312 g/mol. The number of aromatic nitrogens is 1. The molecule has 0 aliphatic rings. The van der Waals surface area contributed by atoms with Crippen LogP contribution in [-0.2, 0) is 0 Å². The minimum absolute atomic E-state index is 0.749. The first-order valence-corrected chi connectivity index (χ1v) is 5.74. The quantitative estimate of drug-likeness (QED) is 0.781. The van der Waals surface area contributed by atoms with Crippen molar-refractivity contribution in [3.8, 4) is 11.6 Å². The normalized spacial score (nSPS) is 10.0. The minimum atomic E-state index is 0.749. The van der Waals surface area contributed by atoms with Gasteiger partial charge in [0.1, 0.15) is 5.75 Å². The summed E-state index contributed by atoms with van der Waals surface area (Å²) in [5.41, 5.74) is 1.23. The Morgan fingerprint density at radius 1 is 1.07 bits per heavy atom. The molecule has 0 unspecified atom stereocenters. The zero-order valence-corrected chi connectivity index (χ0v) is 10.5. The molecule has 1 N–H and O–H groups in total. The first-order valence-electron chi connectivity index (χ1n) is 4.66. The van der Waals surface area contributed by atoms with Crippen LogP contribution in [0.3, 0.4) is 0 Å². The van der Waals surface area contributed by atoms with Crippen molar-refractivity contribution in [2.75, 3.05) is 0 Å². The predicted octanol–water partition coefficient (Wildman–Crippen LogP) is 3.21. The molecule has 0 atom stereocenters. The number of hydrogen-bond acceptors (Lipinski definition) is 1. The second-order valence-electron chi connectivity index (χ2n) is 3.29. The third-order valence-corrected chi connectivity index (χ3v) is 2.67. The summed E-state index contributed by atoms with van der Waals surface area (Å²) in [6, 6.07) is 11.9. The van der Waals surface area contributed by atoms with Crippen LogP contribution in [-0.4, -0.2) is 0 Å². The first kappa shape index (κ1) is 10.4. The summed E-state index contributed by atoms with van der Waals surface area (Å²) in [6.45, 7) is 2.06. The van der Waals surface area contributed by atoms with Crippen LogP contribution in [0.5, 0.6) is 11.6 Å². The van der Waals surface area contributed by atoms with Gasteiger partial charge < -0.3 is 4.74 Å². The fourth-order valence-electron chi connectivity index (χ4n) is 1.19. The van der Waals surface area contributed by atoms with Crippen LogP contribution in [0.15, 0.2) is 42.6 Å². The number of nitrogens with one attached hydrogen (secondary N) is 1. The molecule has 76 valence electrons. The molecule has 0 saturated heterocycles. The van der Waals surface area contributed by atoms with E-state index in [1.54, 1.807) is 0 Å². The van der Waals surface area contributed by atoms with Crippen LogP contribution >= 0.6 is 22.6 Å². The number of H-pyrrole nitrogens is 1. The Morgan fingerprint density at radius 2 is 1.80 bits per heavy atom. The summed E-state index contributed by atoms with van der Waals surface area (Å²) >= 11 is 2.25. The average Bonchev–Trinajstić information content (AvgIpc) is 2.25. The predicted molar refractivity (Wildman–Crippen MR) is 67.0 cm³/mol. The molecule has 3 heteroatoms. The van der Waals surface area contributed by atoms with E-state index in [1.165, 1.54) is 5.56 Å². The largest absolute Gasteiger partial charge is 0.405 e. The number of pyridine rings is 1. The monoisotopic (exact) mass is 312 g/mol. The van der Waals surface area contributed by atoms with E-state index in [9.17, 15) is 0 Å². The van der Waals surface area contributed by atoms with Crippen molar-refractivity contribution >= 4 is 22.6 Å². The van der Waals surface area contributed by atoms with Gasteiger partial charge in [-0.1, -0.05) is 17.7 Å². The van der Waals surface area contributed by atoms with Gasteiger partial charge in [-0.2, -0.15) is 4.98 Å². The third kappa shape index (κ3) is 2.92. The van der Waals surface area contributed by atoms with Gasteiger partial charge in [0.2, 0.25) is 0 Å². The number of ether oxygens (including phenoxy) is 1. The molecule has 0 fully saturated rings. The van der Waals surface area contributed by atoms with Gasteiger partial charge in [0.05, 0.1) is 9.64 Å². The lowest BCUT2D eigenvalue weighted by Gasteiger charge is -2.00. The number of aromatic amines is 1. The highest BCUT2D eigenvalue weighted by Crippen LogP contribution is 2.17. The van der Waals surface area contributed by atoms with E-state index in [0.29, 0.717) is 0 Å². The molecule has 2 rings (SSSR count). The number of halogens is 1. The van der Waals surface area contributed by atoms with Gasteiger partial charge >= 0.3 is 5.88 Å². The van der Waals surface area contributed by atoms with E-state index in [4.69, 9.17) is 4.74 Å². The van der Waals surface area contributed by atoms with E-state index in [1.807, 2.05) is 42.6 Å².